The smallest absolute Gasteiger partial charge is 0.458 e. The molecule has 70 heavy (non-hydrogen) atoms. The molecule has 4 fully saturated rings. The molecule has 1 aromatic heterocycles. The van der Waals surface area contributed by atoms with Crippen molar-refractivity contribution >= 4 is 18.2 Å². The van der Waals surface area contributed by atoms with Crippen LogP contribution in [0, 0.1) is 17.8 Å². The maximum Gasteiger partial charge on any atom is 0.509 e. The number of nitrogens with zero attached hydrogens (tertiary/aromatic N) is 5. The highest BCUT2D eigenvalue weighted by molar-refractivity contribution is 5.73. The molecule has 3 N–H and O–H groups in total. The minimum absolute atomic E-state index is 0.0465. The van der Waals surface area contributed by atoms with Gasteiger partial charge in [0, 0.05) is 38.1 Å². The average molecular weight is 989 g/mol. The molecule has 0 aliphatic carbocycles. The van der Waals surface area contributed by atoms with Crippen molar-refractivity contribution in [2.45, 2.75) is 198 Å². The molecule has 5 heterocycles. The van der Waals surface area contributed by atoms with E-state index in [1.165, 1.54) is 7.11 Å². The number of amides is 1. The van der Waals surface area contributed by atoms with Crippen molar-refractivity contribution in [3.8, 4) is 0 Å². The van der Waals surface area contributed by atoms with E-state index in [0.29, 0.717) is 25.2 Å². The molecule has 0 spiro atoms. The minimum atomic E-state index is -1.61. The molecule has 4 saturated heterocycles. The molecular weight excluding hydrogens is 909 g/mol. The number of aliphatic hydroxyl groups is 2. The summed E-state index contributed by atoms with van der Waals surface area (Å²) in [6, 6.07) is 9.13. The fraction of sp³-hybridized carbons (Fsp3) is 0.780. The number of nitrogens with one attached hydrogen (secondary N) is 1. The van der Waals surface area contributed by atoms with Gasteiger partial charge in [0.15, 0.2) is 30.4 Å². The third kappa shape index (κ3) is 12.6. The molecule has 1 amide bonds. The van der Waals surface area contributed by atoms with E-state index in [2.05, 4.69) is 15.6 Å². The maximum atomic E-state index is 14.8. The lowest BCUT2D eigenvalue weighted by atomic mass is 9.77. The van der Waals surface area contributed by atoms with Crippen LogP contribution >= 0.6 is 0 Å². The van der Waals surface area contributed by atoms with E-state index >= 15 is 0 Å². The fourth-order valence-corrected chi connectivity index (χ4v) is 11.1. The van der Waals surface area contributed by atoms with Crippen molar-refractivity contribution < 1.29 is 67.2 Å². The van der Waals surface area contributed by atoms with Gasteiger partial charge in [-0.05, 0) is 100 Å². The van der Waals surface area contributed by atoms with Crippen molar-refractivity contribution in [2.24, 2.45) is 17.8 Å². The summed E-state index contributed by atoms with van der Waals surface area (Å²) in [4.78, 5) is 45.0. The molecule has 1 aromatic carbocycles. The Kier molecular flexibility index (Phi) is 18.0. The first-order valence-corrected chi connectivity index (χ1v) is 24.8. The Balaban J connectivity index is 1.29. The summed E-state index contributed by atoms with van der Waals surface area (Å²) in [6.07, 6.45) is -7.92. The number of aliphatic hydroxyl groups excluding tert-OH is 1. The number of carbonyl (C=O) groups excluding carboxylic acids is 3. The van der Waals surface area contributed by atoms with E-state index in [0.717, 1.165) is 5.56 Å². The van der Waals surface area contributed by atoms with Gasteiger partial charge < -0.3 is 63.1 Å². The summed E-state index contributed by atoms with van der Waals surface area (Å²) in [5, 5.41) is 35.7. The lowest BCUT2D eigenvalue weighted by Gasteiger charge is -2.49. The third-order valence-electron chi connectivity index (χ3n) is 15.0. The lowest BCUT2D eigenvalue weighted by molar-refractivity contribution is -0.317. The first kappa shape index (κ1) is 55.3. The number of carbonyl (C=O) groups is 3. The number of methoxy groups -OCH3 is 1. The number of esters is 1. The third-order valence-corrected chi connectivity index (χ3v) is 15.0. The number of rotatable bonds is 12. The molecule has 18 atom stereocenters. The van der Waals surface area contributed by atoms with E-state index in [9.17, 15) is 24.6 Å². The number of ether oxygens (including phenoxy) is 9. The van der Waals surface area contributed by atoms with Gasteiger partial charge in [0.05, 0.1) is 55.2 Å². The van der Waals surface area contributed by atoms with Gasteiger partial charge >= 0.3 is 18.2 Å². The number of alkyl carbamates (subject to hydrolysis) is 1. The zero-order valence-electron chi connectivity index (χ0n) is 43.6. The van der Waals surface area contributed by atoms with Crippen LogP contribution in [0.15, 0.2) is 36.5 Å². The zero-order valence-corrected chi connectivity index (χ0v) is 43.6. The van der Waals surface area contributed by atoms with Gasteiger partial charge in [-0.1, -0.05) is 56.3 Å². The van der Waals surface area contributed by atoms with Crippen molar-refractivity contribution in [1.29, 1.82) is 0 Å². The number of cyclic esters (lactones) is 1. The quantitative estimate of drug-likeness (QED) is 0.194. The van der Waals surface area contributed by atoms with E-state index in [-0.39, 0.29) is 49.9 Å². The molecule has 20 heteroatoms. The fourth-order valence-electron chi connectivity index (χ4n) is 11.1. The number of aromatic nitrogens is 3. The van der Waals surface area contributed by atoms with Gasteiger partial charge in [0.2, 0.25) is 0 Å². The largest absolute Gasteiger partial charge is 0.509 e. The number of likely N-dealkylation sites (N-methyl/N-ethyl adjacent to an activating group) is 2. The average Bonchev–Trinajstić information content (AvgIpc) is 3.88. The van der Waals surface area contributed by atoms with E-state index in [1.807, 2.05) is 95.9 Å². The Labute approximate surface area is 413 Å². The van der Waals surface area contributed by atoms with Crippen LogP contribution in [0.1, 0.15) is 106 Å². The molecule has 20 nitrogen and oxygen atoms in total. The van der Waals surface area contributed by atoms with Crippen LogP contribution in [0.2, 0.25) is 0 Å². The number of hydrogen-bond donors (Lipinski definition) is 3. The van der Waals surface area contributed by atoms with Crippen molar-refractivity contribution in [1.82, 2.24) is 30.1 Å². The minimum Gasteiger partial charge on any atom is -0.458 e. The molecule has 4 aliphatic rings. The molecule has 2 aromatic rings. The van der Waals surface area contributed by atoms with Crippen LogP contribution in [-0.4, -0.2) is 178 Å². The van der Waals surface area contributed by atoms with E-state index in [1.54, 1.807) is 45.5 Å². The maximum absolute atomic E-state index is 14.8. The van der Waals surface area contributed by atoms with Gasteiger partial charge in [0.1, 0.15) is 23.5 Å². The van der Waals surface area contributed by atoms with Crippen LogP contribution in [0.4, 0.5) is 9.59 Å². The molecule has 4 aliphatic heterocycles. The van der Waals surface area contributed by atoms with Gasteiger partial charge in [-0.3, -0.25) is 9.69 Å². The Bertz CT molecular complexity index is 2050. The summed E-state index contributed by atoms with van der Waals surface area (Å²) < 4.78 is 58.5. The lowest BCUT2D eigenvalue weighted by Crippen LogP contribution is -2.61. The highest BCUT2D eigenvalue weighted by Crippen LogP contribution is 2.42. The van der Waals surface area contributed by atoms with Crippen molar-refractivity contribution in [3.63, 3.8) is 0 Å². The monoisotopic (exact) mass is 989 g/mol. The second-order valence-corrected chi connectivity index (χ2v) is 21.2. The number of fused-ring (bicyclic) bond motifs is 1. The highest BCUT2D eigenvalue weighted by Gasteiger charge is 2.58. The molecule has 0 bridgehead atoms. The summed E-state index contributed by atoms with van der Waals surface area (Å²) in [7, 11) is 7.19. The summed E-state index contributed by atoms with van der Waals surface area (Å²) in [5.74, 6) is -2.70. The Morgan fingerprint density at radius 1 is 0.986 bits per heavy atom. The first-order chi connectivity index (χ1) is 32.9. The van der Waals surface area contributed by atoms with E-state index < -0.39 is 102 Å². The van der Waals surface area contributed by atoms with Gasteiger partial charge in [-0.15, -0.1) is 5.10 Å². The SMILES string of the molecule is CCC1OC(=O)C(C)C(OC2CC(C)(OC)C(OC(=O)NCc3cn(Cc4ccccc4)nn3)C(C)O2)C(C)C(OC2OC(C)CC(N(C)C)C2O)C(C)(O)CC(C)CN(C)C(C)C2OC(=O)OC12C. The van der Waals surface area contributed by atoms with Crippen molar-refractivity contribution in [2.75, 3.05) is 34.8 Å². The second-order valence-electron chi connectivity index (χ2n) is 21.2. The van der Waals surface area contributed by atoms with Gasteiger partial charge in [0.25, 0.3) is 0 Å². The summed E-state index contributed by atoms with van der Waals surface area (Å²) >= 11 is 0. The predicted molar refractivity (Wildman–Crippen MR) is 254 cm³/mol. The zero-order chi connectivity index (χ0) is 51.5. The summed E-state index contributed by atoms with van der Waals surface area (Å²) in [6.45, 7) is 19.2. The normalized spacial score (nSPS) is 40.3. The molecule has 6 rings (SSSR count). The molecule has 0 saturated carbocycles. The molecular formula is C50H80N6O14. The van der Waals surface area contributed by atoms with Gasteiger partial charge in [-0.25, -0.2) is 14.3 Å². The van der Waals surface area contributed by atoms with Gasteiger partial charge in [-0.2, -0.15) is 0 Å². The van der Waals surface area contributed by atoms with Crippen LogP contribution in [0.5, 0.6) is 0 Å². The van der Waals surface area contributed by atoms with Crippen LogP contribution < -0.4 is 5.32 Å². The highest BCUT2D eigenvalue weighted by atomic mass is 16.8. The Morgan fingerprint density at radius 3 is 2.34 bits per heavy atom. The van der Waals surface area contributed by atoms with Crippen molar-refractivity contribution in [3.05, 3.63) is 47.8 Å². The Morgan fingerprint density at radius 2 is 1.69 bits per heavy atom. The second kappa shape index (κ2) is 22.8. The molecule has 18 unspecified atom stereocenters. The van der Waals surface area contributed by atoms with Crippen LogP contribution in [0.3, 0.4) is 0 Å². The predicted octanol–water partition coefficient (Wildman–Crippen LogP) is 4.66. The van der Waals surface area contributed by atoms with Crippen LogP contribution in [-0.2, 0) is 60.5 Å². The van der Waals surface area contributed by atoms with E-state index in [4.69, 9.17) is 42.6 Å². The van der Waals surface area contributed by atoms with Crippen LogP contribution in [0.25, 0.3) is 0 Å². The standard InChI is InChI=1S/C50H80N6O14/c1-15-37-50(10)42(69-47(60)70-50)32(6)55(13)25-28(2)22-48(8,61)41(67-45-39(57)36(54(11)12)21-29(3)63-45)30(4)40(31(5)44(58)65-37)66-38-23-49(9,62-14)43(33(7)64-38)68-46(59)51-24-35-27-56(53-52-35)26-34-19-17-16-18-20-34/h16-20,27-33,36-43,45,57,61H,15,21-26H2,1-14H3,(H,51,59). The number of benzene rings is 1. The first-order valence-electron chi connectivity index (χ1n) is 24.8. The molecule has 394 valence electrons. The molecule has 0 radical (unpaired) electrons. The number of hydrogen-bond acceptors (Lipinski definition) is 18. The summed E-state index contributed by atoms with van der Waals surface area (Å²) in [5.41, 5.74) is -2.53. The Hall–Kier alpha value is -3.99. The topological polar surface area (TPSA) is 224 Å².